The fraction of sp³-hybridized carbons (Fsp3) is 0.526. The summed E-state index contributed by atoms with van der Waals surface area (Å²) < 4.78 is 30.7. The van der Waals surface area contributed by atoms with Gasteiger partial charge in [-0.05, 0) is 25.0 Å². The molecule has 3 rings (SSSR count). The zero-order valence-electron chi connectivity index (χ0n) is 17.5. The van der Waals surface area contributed by atoms with Crippen molar-refractivity contribution < 1.29 is 27.5 Å². The van der Waals surface area contributed by atoms with E-state index in [0.29, 0.717) is 30.8 Å². The van der Waals surface area contributed by atoms with Crippen LogP contribution in [-0.4, -0.2) is 87.1 Å². The van der Waals surface area contributed by atoms with Gasteiger partial charge in [-0.15, -0.1) is 0 Å². The Hall–Kier alpha value is -2.86. The molecule has 2 aliphatic heterocycles. The number of rotatable bonds is 5. The zero-order chi connectivity index (χ0) is 22.6. The molecule has 12 heteroatoms. The molecule has 0 bridgehead atoms. The second-order valence-electron chi connectivity index (χ2n) is 7.49. The van der Waals surface area contributed by atoms with E-state index in [0.717, 1.165) is 10.6 Å². The van der Waals surface area contributed by atoms with E-state index < -0.39 is 34.0 Å². The van der Waals surface area contributed by atoms with Crippen LogP contribution in [0.1, 0.15) is 12.8 Å². The number of nitrogens with one attached hydrogen (secondary N) is 3. The highest BCUT2D eigenvalue weighted by Crippen LogP contribution is 2.19. The topological polar surface area (TPSA) is 137 Å². The summed E-state index contributed by atoms with van der Waals surface area (Å²) in [6.45, 7) is 0.501. The molecule has 4 amide bonds. The number of ether oxygens (including phenoxy) is 1. The van der Waals surface area contributed by atoms with Crippen molar-refractivity contribution in [1.82, 2.24) is 19.8 Å². The molecule has 0 saturated carbocycles. The monoisotopic (exact) mass is 453 g/mol. The Bertz CT molecular complexity index is 953. The summed E-state index contributed by atoms with van der Waals surface area (Å²) in [6, 6.07) is 4.49. The molecule has 2 saturated heterocycles. The zero-order valence-corrected chi connectivity index (χ0v) is 18.3. The first-order valence-corrected chi connectivity index (χ1v) is 11.8. The molecule has 2 heterocycles. The molecule has 0 aliphatic carbocycles. The van der Waals surface area contributed by atoms with Crippen LogP contribution < -0.4 is 20.7 Å². The van der Waals surface area contributed by atoms with Crippen LogP contribution in [0.5, 0.6) is 5.75 Å². The van der Waals surface area contributed by atoms with Crippen molar-refractivity contribution in [2.24, 2.45) is 0 Å². The fourth-order valence-electron chi connectivity index (χ4n) is 3.64. The third-order valence-electron chi connectivity index (χ3n) is 5.27. The molecule has 0 radical (unpaired) electrons. The average molecular weight is 454 g/mol. The normalized spacial score (nSPS) is 22.4. The van der Waals surface area contributed by atoms with E-state index in [-0.39, 0.29) is 25.5 Å². The van der Waals surface area contributed by atoms with Gasteiger partial charge in [-0.3, -0.25) is 9.59 Å². The van der Waals surface area contributed by atoms with Crippen molar-refractivity contribution in [2.45, 2.75) is 24.9 Å². The molecule has 11 nitrogen and oxygen atoms in total. The minimum atomic E-state index is -3.69. The number of benzene rings is 1. The number of methoxy groups -OCH3 is 1. The molecule has 31 heavy (non-hydrogen) atoms. The van der Waals surface area contributed by atoms with Crippen LogP contribution in [0, 0.1) is 0 Å². The first kappa shape index (κ1) is 22.8. The predicted octanol–water partition coefficient (Wildman–Crippen LogP) is -0.432. The Morgan fingerprint density at radius 3 is 2.71 bits per heavy atom. The number of carbonyl (C=O) groups excluding carboxylic acids is 3. The largest absolute Gasteiger partial charge is 0.497 e. The van der Waals surface area contributed by atoms with E-state index in [2.05, 4.69) is 16.0 Å². The maximum Gasteiger partial charge on any atom is 0.321 e. The number of hydrogen-bond donors (Lipinski definition) is 3. The number of anilines is 1. The molecular formula is C19H27N5O6S. The molecule has 2 atom stereocenters. The lowest BCUT2D eigenvalue weighted by molar-refractivity contribution is -0.132. The van der Waals surface area contributed by atoms with Gasteiger partial charge in [0.1, 0.15) is 17.8 Å². The number of hydrogen-bond acceptors (Lipinski definition) is 6. The van der Waals surface area contributed by atoms with Gasteiger partial charge in [-0.1, -0.05) is 6.07 Å². The van der Waals surface area contributed by atoms with Crippen LogP contribution in [0.2, 0.25) is 0 Å². The van der Waals surface area contributed by atoms with Gasteiger partial charge >= 0.3 is 6.03 Å². The summed E-state index contributed by atoms with van der Waals surface area (Å²) in [5, 5.41) is 8.04. The highest BCUT2D eigenvalue weighted by atomic mass is 32.2. The van der Waals surface area contributed by atoms with Crippen LogP contribution in [0.3, 0.4) is 0 Å². The van der Waals surface area contributed by atoms with Crippen molar-refractivity contribution in [2.75, 3.05) is 44.9 Å². The van der Waals surface area contributed by atoms with Crippen LogP contribution in [0.15, 0.2) is 24.3 Å². The SMILES string of the molecule is COc1cccc(NC(=O)N2CCN(S(C)(=O)=O)C(C(=O)NC3CCCNC3=O)C2)c1. The Morgan fingerprint density at radius 2 is 2.03 bits per heavy atom. The molecule has 1 aromatic rings. The Kier molecular flexibility index (Phi) is 7.01. The van der Waals surface area contributed by atoms with E-state index in [1.54, 1.807) is 24.3 Å². The van der Waals surface area contributed by atoms with Crippen molar-refractivity contribution in [3.8, 4) is 5.75 Å². The fourth-order valence-corrected chi connectivity index (χ4v) is 4.68. The van der Waals surface area contributed by atoms with Crippen molar-refractivity contribution in [3.63, 3.8) is 0 Å². The van der Waals surface area contributed by atoms with E-state index in [4.69, 9.17) is 4.74 Å². The minimum Gasteiger partial charge on any atom is -0.497 e. The number of nitrogens with zero attached hydrogens (tertiary/aromatic N) is 2. The molecule has 2 aliphatic rings. The van der Waals surface area contributed by atoms with E-state index in [1.165, 1.54) is 12.0 Å². The predicted molar refractivity (Wildman–Crippen MR) is 113 cm³/mol. The summed E-state index contributed by atoms with van der Waals surface area (Å²) in [6.07, 6.45) is 2.21. The summed E-state index contributed by atoms with van der Waals surface area (Å²) in [7, 11) is -2.18. The Balaban J connectivity index is 1.72. The highest BCUT2D eigenvalue weighted by Gasteiger charge is 2.40. The van der Waals surface area contributed by atoms with E-state index in [1.807, 2.05) is 0 Å². The van der Waals surface area contributed by atoms with Crippen molar-refractivity contribution >= 4 is 33.6 Å². The number of carbonyl (C=O) groups is 3. The van der Waals surface area contributed by atoms with Gasteiger partial charge in [0.15, 0.2) is 0 Å². The summed E-state index contributed by atoms with van der Waals surface area (Å²) in [4.78, 5) is 39.0. The van der Waals surface area contributed by atoms with Crippen LogP contribution in [0.4, 0.5) is 10.5 Å². The quantitative estimate of drug-likeness (QED) is 0.553. The molecule has 170 valence electrons. The summed E-state index contributed by atoms with van der Waals surface area (Å²) in [5.41, 5.74) is 0.509. The Labute approximate surface area is 181 Å². The molecule has 0 aromatic heterocycles. The van der Waals surface area contributed by atoms with Crippen molar-refractivity contribution in [1.29, 1.82) is 0 Å². The summed E-state index contributed by atoms with van der Waals surface area (Å²) in [5.74, 6) is -0.331. The van der Waals surface area contributed by atoms with Gasteiger partial charge in [0.25, 0.3) is 0 Å². The first-order chi connectivity index (χ1) is 14.7. The highest BCUT2D eigenvalue weighted by molar-refractivity contribution is 7.88. The van der Waals surface area contributed by atoms with Gasteiger partial charge in [0.2, 0.25) is 21.8 Å². The van der Waals surface area contributed by atoms with Gasteiger partial charge in [0, 0.05) is 37.9 Å². The summed E-state index contributed by atoms with van der Waals surface area (Å²) >= 11 is 0. The van der Waals surface area contributed by atoms with E-state index >= 15 is 0 Å². The number of piperazine rings is 1. The molecular weight excluding hydrogens is 426 g/mol. The van der Waals surface area contributed by atoms with Gasteiger partial charge in [-0.2, -0.15) is 4.31 Å². The molecule has 0 spiro atoms. The molecule has 2 fully saturated rings. The second kappa shape index (κ2) is 9.52. The standard InChI is InChI=1S/C19H27N5O6S/c1-30-14-6-3-5-13(11-14)21-19(27)23-9-10-24(31(2,28)29)16(12-23)18(26)22-15-7-4-8-20-17(15)25/h3,5-6,11,15-16H,4,7-10,12H2,1-2H3,(H,20,25)(H,21,27)(H,22,26). The number of amides is 4. The second-order valence-corrected chi connectivity index (χ2v) is 9.43. The van der Waals surface area contributed by atoms with Gasteiger partial charge in [0.05, 0.1) is 13.4 Å². The maximum atomic E-state index is 12.9. The van der Waals surface area contributed by atoms with Gasteiger partial charge < -0.3 is 25.6 Å². The third-order valence-corrected chi connectivity index (χ3v) is 6.56. The maximum absolute atomic E-state index is 12.9. The van der Waals surface area contributed by atoms with Crippen LogP contribution in [-0.2, 0) is 19.6 Å². The lowest BCUT2D eigenvalue weighted by Crippen LogP contribution is -2.63. The lowest BCUT2D eigenvalue weighted by Gasteiger charge is -2.39. The number of urea groups is 1. The minimum absolute atomic E-state index is 0.0285. The van der Waals surface area contributed by atoms with Crippen LogP contribution in [0.25, 0.3) is 0 Å². The van der Waals surface area contributed by atoms with Crippen molar-refractivity contribution in [3.05, 3.63) is 24.3 Å². The Morgan fingerprint density at radius 1 is 1.26 bits per heavy atom. The number of sulfonamides is 1. The third kappa shape index (κ3) is 5.64. The molecule has 3 N–H and O–H groups in total. The lowest BCUT2D eigenvalue weighted by atomic mass is 10.1. The van der Waals surface area contributed by atoms with Gasteiger partial charge in [-0.25, -0.2) is 13.2 Å². The molecule has 1 aromatic carbocycles. The average Bonchev–Trinajstić information content (AvgIpc) is 2.74. The smallest absolute Gasteiger partial charge is 0.321 e. The molecule has 2 unspecified atom stereocenters. The van der Waals surface area contributed by atoms with E-state index in [9.17, 15) is 22.8 Å². The number of piperidine rings is 1. The first-order valence-electron chi connectivity index (χ1n) is 9.94. The van der Waals surface area contributed by atoms with Crippen LogP contribution >= 0.6 is 0 Å².